The molecule has 0 amide bonds. The Morgan fingerprint density at radius 1 is 1.06 bits per heavy atom. The molecule has 0 saturated carbocycles. The maximum absolute atomic E-state index is 12.5. The van der Waals surface area contributed by atoms with E-state index in [1.54, 1.807) is 6.20 Å². The number of rotatable bonds is 6. The molecule has 0 fully saturated rings. The molecule has 0 spiro atoms. The van der Waals surface area contributed by atoms with Crippen LogP contribution in [-0.4, -0.2) is 26.6 Å². The summed E-state index contributed by atoms with van der Waals surface area (Å²) in [7, 11) is 0. The third kappa shape index (κ3) is 4.91. The van der Waals surface area contributed by atoms with E-state index in [0.29, 0.717) is 0 Å². The van der Waals surface area contributed by atoms with Gasteiger partial charge >= 0.3 is 5.97 Å². The van der Waals surface area contributed by atoms with Gasteiger partial charge in [0.05, 0.1) is 5.60 Å². The molecule has 0 radical (unpaired) electrons. The van der Waals surface area contributed by atoms with Crippen molar-refractivity contribution in [2.75, 3.05) is 0 Å². The van der Waals surface area contributed by atoms with Crippen molar-refractivity contribution in [3.05, 3.63) is 87.7 Å². The number of hydrogen-bond acceptors (Lipinski definition) is 4. The fourth-order valence-corrected chi connectivity index (χ4v) is 4.95. The summed E-state index contributed by atoms with van der Waals surface area (Å²) in [4.78, 5) is 19.2. The highest BCUT2D eigenvalue weighted by atomic mass is 16.5. The van der Waals surface area contributed by atoms with Gasteiger partial charge in [0.1, 0.15) is 0 Å². The lowest BCUT2D eigenvalue weighted by Gasteiger charge is -2.30. The fraction of sp³-hybridized carbons (Fsp3) is 0.379. The van der Waals surface area contributed by atoms with Crippen molar-refractivity contribution in [2.45, 2.75) is 72.9 Å². The maximum Gasteiger partial charge on any atom is 0.337 e. The number of carboxylic acids is 1. The van der Waals surface area contributed by atoms with Gasteiger partial charge in [-0.05, 0) is 86.6 Å². The van der Waals surface area contributed by atoms with E-state index < -0.39 is 17.7 Å². The molecule has 1 aromatic heterocycles. The zero-order valence-corrected chi connectivity index (χ0v) is 21.0. The number of carbonyl (C=O) groups is 1. The Morgan fingerprint density at radius 2 is 1.71 bits per heavy atom. The number of ether oxygens (including phenoxy) is 1. The van der Waals surface area contributed by atoms with Crippen molar-refractivity contribution >= 4 is 5.97 Å². The predicted octanol–water partition coefficient (Wildman–Crippen LogP) is 6.13. The molecule has 1 aliphatic heterocycles. The molecule has 2 aromatic carbocycles. The number of benzene rings is 2. The van der Waals surface area contributed by atoms with Gasteiger partial charge in [0.2, 0.25) is 0 Å². The minimum atomic E-state index is -1.05. The number of fused-ring (bicyclic) bond motifs is 1. The number of hydrogen-bond donors (Lipinski definition) is 1. The third-order valence-electron chi connectivity index (χ3n) is 6.51. The van der Waals surface area contributed by atoms with Gasteiger partial charge in [-0.3, -0.25) is 9.88 Å². The Labute approximate surface area is 202 Å². The highest BCUT2D eigenvalue weighted by Gasteiger charge is 2.35. The summed E-state index contributed by atoms with van der Waals surface area (Å²) in [5.74, 6) is -0.962. The Kier molecular flexibility index (Phi) is 6.61. The van der Waals surface area contributed by atoms with Gasteiger partial charge in [0.15, 0.2) is 6.10 Å². The number of pyridine rings is 1. The smallest absolute Gasteiger partial charge is 0.337 e. The monoisotopic (exact) mass is 458 g/mol. The van der Waals surface area contributed by atoms with Gasteiger partial charge in [0.25, 0.3) is 0 Å². The molecule has 1 N–H and O–H groups in total. The number of nitrogens with zero attached hydrogens (tertiary/aromatic N) is 2. The average molecular weight is 459 g/mol. The second kappa shape index (κ2) is 9.32. The molecule has 2 heterocycles. The van der Waals surface area contributed by atoms with Crippen molar-refractivity contribution in [1.29, 1.82) is 0 Å². The van der Waals surface area contributed by atoms with Gasteiger partial charge in [-0.2, -0.15) is 0 Å². The summed E-state index contributed by atoms with van der Waals surface area (Å²) in [6.07, 6.45) is 2.65. The molecule has 0 saturated heterocycles. The van der Waals surface area contributed by atoms with Crippen LogP contribution in [0.15, 0.2) is 48.8 Å². The highest BCUT2D eigenvalue weighted by Crippen LogP contribution is 2.43. The molecule has 178 valence electrons. The van der Waals surface area contributed by atoms with Crippen LogP contribution in [0.3, 0.4) is 0 Å². The normalized spacial score (nSPS) is 14.8. The predicted molar refractivity (Wildman–Crippen MR) is 134 cm³/mol. The van der Waals surface area contributed by atoms with Gasteiger partial charge in [-0.1, -0.05) is 35.9 Å². The standard InChI is InChI=1S/C29H34N2O3/c1-18-9-11-22(12-10-18)25-19(2)23-16-31(15-21-8-7-13-30-14-21)17-24(23)20(3)26(25)27(28(32)33)34-29(4,5)6/h7-14,27H,15-17H2,1-6H3,(H,32,33). The first-order valence-electron chi connectivity index (χ1n) is 11.8. The summed E-state index contributed by atoms with van der Waals surface area (Å²) in [6.45, 7) is 14.4. The number of aryl methyl sites for hydroxylation is 1. The van der Waals surface area contributed by atoms with Gasteiger partial charge in [0, 0.05) is 37.6 Å². The molecule has 1 aliphatic rings. The lowest BCUT2D eigenvalue weighted by atomic mass is 9.83. The zero-order valence-electron chi connectivity index (χ0n) is 21.0. The highest BCUT2D eigenvalue weighted by molar-refractivity contribution is 5.84. The molecule has 0 bridgehead atoms. The molecule has 34 heavy (non-hydrogen) atoms. The van der Waals surface area contributed by atoms with E-state index in [-0.39, 0.29) is 0 Å². The van der Waals surface area contributed by atoms with Crippen LogP contribution in [0, 0.1) is 20.8 Å². The second-order valence-corrected chi connectivity index (χ2v) is 10.3. The number of carboxylic acid groups (broad SMARTS) is 1. The summed E-state index contributed by atoms with van der Waals surface area (Å²) in [5.41, 5.74) is 9.18. The van der Waals surface area contributed by atoms with E-state index in [2.05, 4.69) is 61.0 Å². The van der Waals surface area contributed by atoms with E-state index in [1.165, 1.54) is 22.3 Å². The summed E-state index contributed by atoms with van der Waals surface area (Å²) < 4.78 is 6.17. The molecule has 3 aromatic rings. The van der Waals surface area contributed by atoms with Gasteiger partial charge in [-0.15, -0.1) is 0 Å². The number of aromatic nitrogens is 1. The Morgan fingerprint density at radius 3 is 2.26 bits per heavy atom. The van der Waals surface area contributed by atoms with E-state index in [4.69, 9.17) is 4.74 Å². The van der Waals surface area contributed by atoms with E-state index in [1.807, 2.05) is 33.0 Å². The molecule has 1 unspecified atom stereocenters. The minimum Gasteiger partial charge on any atom is -0.479 e. The largest absolute Gasteiger partial charge is 0.479 e. The fourth-order valence-electron chi connectivity index (χ4n) is 4.95. The summed E-state index contributed by atoms with van der Waals surface area (Å²) >= 11 is 0. The lowest BCUT2D eigenvalue weighted by Crippen LogP contribution is -2.28. The van der Waals surface area contributed by atoms with Crippen molar-refractivity contribution in [3.8, 4) is 11.1 Å². The van der Waals surface area contributed by atoms with Crippen LogP contribution in [0.1, 0.15) is 65.8 Å². The average Bonchev–Trinajstić information content (AvgIpc) is 3.20. The van der Waals surface area contributed by atoms with Gasteiger partial charge in [-0.25, -0.2) is 4.79 Å². The Balaban J connectivity index is 1.87. The van der Waals surface area contributed by atoms with Crippen LogP contribution < -0.4 is 0 Å². The molecule has 1 atom stereocenters. The quantitative estimate of drug-likeness (QED) is 0.481. The maximum atomic E-state index is 12.5. The first kappa shape index (κ1) is 24.1. The molecular weight excluding hydrogens is 424 g/mol. The van der Waals surface area contributed by atoms with Crippen molar-refractivity contribution in [3.63, 3.8) is 0 Å². The van der Waals surface area contributed by atoms with Crippen LogP contribution in [0.5, 0.6) is 0 Å². The Bertz CT molecular complexity index is 1200. The Hall–Kier alpha value is -3.02. The minimum absolute atomic E-state index is 0.598. The molecule has 4 rings (SSSR count). The summed E-state index contributed by atoms with van der Waals surface area (Å²) in [6, 6.07) is 12.4. The van der Waals surface area contributed by atoms with E-state index >= 15 is 0 Å². The number of aliphatic carboxylic acids is 1. The SMILES string of the molecule is Cc1ccc(-c2c(C)c3c(c(C)c2C(OC(C)(C)C)C(=O)O)CN(Cc2cccnc2)C3)cc1. The van der Waals surface area contributed by atoms with Gasteiger partial charge < -0.3 is 9.84 Å². The van der Waals surface area contributed by atoms with E-state index in [0.717, 1.165) is 47.5 Å². The topological polar surface area (TPSA) is 62.7 Å². The molecule has 5 nitrogen and oxygen atoms in total. The first-order chi connectivity index (χ1) is 16.0. The van der Waals surface area contributed by atoms with Crippen LogP contribution in [0.2, 0.25) is 0 Å². The van der Waals surface area contributed by atoms with Crippen LogP contribution in [0.25, 0.3) is 11.1 Å². The molecule has 0 aliphatic carbocycles. The molecular formula is C29H34N2O3. The zero-order chi connectivity index (χ0) is 24.6. The first-order valence-corrected chi connectivity index (χ1v) is 11.8. The third-order valence-corrected chi connectivity index (χ3v) is 6.51. The van der Waals surface area contributed by atoms with Crippen molar-refractivity contribution < 1.29 is 14.6 Å². The lowest BCUT2D eigenvalue weighted by molar-refractivity contribution is -0.160. The summed E-state index contributed by atoms with van der Waals surface area (Å²) in [5, 5.41) is 10.3. The van der Waals surface area contributed by atoms with Crippen LogP contribution >= 0.6 is 0 Å². The van der Waals surface area contributed by atoms with Crippen molar-refractivity contribution in [1.82, 2.24) is 9.88 Å². The second-order valence-electron chi connectivity index (χ2n) is 10.3. The molecule has 5 heteroatoms. The van der Waals surface area contributed by atoms with Crippen LogP contribution in [0.4, 0.5) is 0 Å². The van der Waals surface area contributed by atoms with Crippen LogP contribution in [-0.2, 0) is 29.2 Å². The van der Waals surface area contributed by atoms with Crippen molar-refractivity contribution in [2.24, 2.45) is 0 Å². The van der Waals surface area contributed by atoms with E-state index in [9.17, 15) is 9.90 Å².